The smallest absolute Gasteiger partial charge is 0.254 e. The third-order valence-corrected chi connectivity index (χ3v) is 7.88. The fraction of sp³-hybridized carbons (Fsp3) is 0.379. The monoisotopic (exact) mass is 541 g/mol. The van der Waals surface area contributed by atoms with E-state index in [4.69, 9.17) is 4.74 Å². The van der Waals surface area contributed by atoms with Crippen molar-refractivity contribution < 1.29 is 19.4 Å². The van der Waals surface area contributed by atoms with Crippen LogP contribution >= 0.6 is 0 Å². The van der Waals surface area contributed by atoms with E-state index >= 15 is 0 Å². The number of fused-ring (bicyclic) bond motifs is 1. The SMILES string of the molecule is CNc1ccc(-n2cc(CN3CCC(Oc4ccc5c(c4)CN(C4CCC(=O)NC4O)C5=O)C3)cn2)cc1C#N. The Morgan fingerprint density at radius 2 is 2.10 bits per heavy atom. The standard InChI is InChI=1S/C29H31N7O4/c1-31-25-5-2-21(10-19(25)12-30)36-15-18(13-32-36)14-34-9-8-23(17-34)40-22-3-4-24-20(11-22)16-35(29(24)39)26-6-7-27(37)33-28(26)38/h2-5,10-11,13,15,23,26,28,31,38H,6-9,14,16-17H2,1H3,(H,33,37). The van der Waals surface area contributed by atoms with Crippen LogP contribution in [0.3, 0.4) is 0 Å². The molecule has 0 spiro atoms. The molecule has 2 saturated heterocycles. The molecule has 2 amide bonds. The van der Waals surface area contributed by atoms with Crippen molar-refractivity contribution in [3.8, 4) is 17.5 Å². The lowest BCUT2D eigenvalue weighted by Gasteiger charge is -2.35. The molecule has 3 aliphatic rings. The van der Waals surface area contributed by atoms with E-state index in [1.165, 1.54) is 0 Å². The highest BCUT2D eigenvalue weighted by molar-refractivity contribution is 5.99. The molecule has 206 valence electrons. The third kappa shape index (κ3) is 4.99. The Hall–Kier alpha value is -4.40. The van der Waals surface area contributed by atoms with E-state index in [2.05, 4.69) is 26.7 Å². The number of aliphatic hydroxyl groups is 1. The van der Waals surface area contributed by atoms with Gasteiger partial charge in [-0.25, -0.2) is 4.68 Å². The number of carbonyl (C=O) groups is 2. The zero-order valence-corrected chi connectivity index (χ0v) is 22.2. The van der Waals surface area contributed by atoms with E-state index in [0.29, 0.717) is 30.5 Å². The number of likely N-dealkylation sites (tertiary alicyclic amines) is 1. The van der Waals surface area contributed by atoms with Crippen molar-refractivity contribution in [3.63, 3.8) is 0 Å². The highest BCUT2D eigenvalue weighted by Crippen LogP contribution is 2.32. The molecule has 11 heteroatoms. The molecule has 6 rings (SSSR count). The van der Waals surface area contributed by atoms with Crippen LogP contribution in [0.2, 0.25) is 0 Å². The number of carbonyl (C=O) groups excluding carboxylic acids is 2. The van der Waals surface area contributed by atoms with Gasteiger partial charge in [0.05, 0.1) is 29.2 Å². The topological polar surface area (TPSA) is 136 Å². The molecule has 4 heterocycles. The summed E-state index contributed by atoms with van der Waals surface area (Å²) in [5, 5.41) is 29.8. The molecule has 40 heavy (non-hydrogen) atoms. The van der Waals surface area contributed by atoms with Crippen molar-refractivity contribution in [1.82, 2.24) is 24.9 Å². The predicted octanol–water partition coefficient (Wildman–Crippen LogP) is 1.99. The molecule has 11 nitrogen and oxygen atoms in total. The molecule has 3 aromatic rings. The fourth-order valence-electron chi connectivity index (χ4n) is 5.81. The summed E-state index contributed by atoms with van der Waals surface area (Å²) in [5.41, 5.74) is 4.75. The van der Waals surface area contributed by atoms with E-state index in [1.54, 1.807) is 22.7 Å². The van der Waals surface area contributed by atoms with Gasteiger partial charge in [-0.3, -0.25) is 14.5 Å². The summed E-state index contributed by atoms with van der Waals surface area (Å²) in [6.45, 7) is 2.80. The molecule has 3 atom stereocenters. The quantitative estimate of drug-likeness (QED) is 0.413. The van der Waals surface area contributed by atoms with Crippen molar-refractivity contribution in [2.45, 2.75) is 50.7 Å². The summed E-state index contributed by atoms with van der Waals surface area (Å²) in [6.07, 6.45) is 4.44. The maximum Gasteiger partial charge on any atom is 0.254 e. The van der Waals surface area contributed by atoms with Crippen LogP contribution in [-0.4, -0.2) is 75.0 Å². The molecule has 0 radical (unpaired) electrons. The molecular weight excluding hydrogens is 510 g/mol. The van der Waals surface area contributed by atoms with Gasteiger partial charge in [-0.15, -0.1) is 0 Å². The number of aliphatic hydroxyl groups excluding tert-OH is 1. The second kappa shape index (κ2) is 10.6. The van der Waals surface area contributed by atoms with Crippen LogP contribution in [0.5, 0.6) is 5.75 Å². The van der Waals surface area contributed by atoms with Crippen LogP contribution in [0, 0.1) is 11.3 Å². The summed E-state index contributed by atoms with van der Waals surface area (Å²) < 4.78 is 8.09. The van der Waals surface area contributed by atoms with Crippen molar-refractivity contribution in [2.75, 3.05) is 25.5 Å². The van der Waals surface area contributed by atoms with Gasteiger partial charge in [0.1, 0.15) is 24.2 Å². The average Bonchev–Trinajstić information content (AvgIpc) is 3.68. The number of rotatable bonds is 7. The van der Waals surface area contributed by atoms with Crippen LogP contribution in [0.15, 0.2) is 48.8 Å². The maximum absolute atomic E-state index is 13.0. The lowest BCUT2D eigenvalue weighted by atomic mass is 10.0. The van der Waals surface area contributed by atoms with Gasteiger partial charge < -0.3 is 25.4 Å². The molecule has 0 aliphatic carbocycles. The number of benzene rings is 2. The largest absolute Gasteiger partial charge is 0.489 e. The van der Waals surface area contributed by atoms with Crippen molar-refractivity contribution >= 4 is 17.5 Å². The van der Waals surface area contributed by atoms with Gasteiger partial charge in [0.15, 0.2) is 0 Å². The van der Waals surface area contributed by atoms with Gasteiger partial charge in [0.2, 0.25) is 5.91 Å². The van der Waals surface area contributed by atoms with Crippen LogP contribution in [-0.2, 0) is 17.9 Å². The van der Waals surface area contributed by atoms with Gasteiger partial charge in [0.25, 0.3) is 5.91 Å². The number of aromatic nitrogens is 2. The van der Waals surface area contributed by atoms with E-state index < -0.39 is 12.3 Å². The Morgan fingerprint density at radius 3 is 2.90 bits per heavy atom. The number of ether oxygens (including phenoxy) is 1. The zero-order chi connectivity index (χ0) is 27.8. The molecule has 0 bridgehead atoms. The molecule has 3 unspecified atom stereocenters. The first-order chi connectivity index (χ1) is 19.4. The number of piperidine rings is 1. The predicted molar refractivity (Wildman–Crippen MR) is 146 cm³/mol. The normalized spacial score (nSPS) is 22.6. The molecule has 3 aliphatic heterocycles. The lowest BCUT2D eigenvalue weighted by molar-refractivity contribution is -0.129. The minimum Gasteiger partial charge on any atom is -0.489 e. The van der Waals surface area contributed by atoms with Crippen LogP contribution in [0.1, 0.15) is 46.3 Å². The van der Waals surface area contributed by atoms with E-state index in [1.807, 2.05) is 42.7 Å². The van der Waals surface area contributed by atoms with Crippen LogP contribution in [0.25, 0.3) is 5.69 Å². The molecule has 2 fully saturated rings. The summed E-state index contributed by atoms with van der Waals surface area (Å²) in [6, 6.07) is 13.0. The number of hydrogen-bond acceptors (Lipinski definition) is 8. The van der Waals surface area contributed by atoms with Gasteiger partial charge in [-0.05, 0) is 54.8 Å². The van der Waals surface area contributed by atoms with E-state index in [9.17, 15) is 20.0 Å². The highest BCUT2D eigenvalue weighted by Gasteiger charge is 2.39. The second-order valence-corrected chi connectivity index (χ2v) is 10.5. The molecule has 1 aromatic heterocycles. The first kappa shape index (κ1) is 25.9. The number of nitrogens with one attached hydrogen (secondary N) is 2. The summed E-state index contributed by atoms with van der Waals surface area (Å²) in [4.78, 5) is 28.5. The maximum atomic E-state index is 13.0. The Balaban J connectivity index is 1.05. The first-order valence-electron chi connectivity index (χ1n) is 13.5. The number of amides is 2. The molecular formula is C29H31N7O4. The third-order valence-electron chi connectivity index (χ3n) is 7.88. The van der Waals surface area contributed by atoms with Crippen molar-refractivity contribution in [3.05, 3.63) is 71.0 Å². The Morgan fingerprint density at radius 1 is 1.23 bits per heavy atom. The zero-order valence-electron chi connectivity index (χ0n) is 22.2. The molecule has 2 aromatic carbocycles. The second-order valence-electron chi connectivity index (χ2n) is 10.5. The number of nitrogens with zero attached hydrogens (tertiary/aromatic N) is 5. The van der Waals surface area contributed by atoms with Crippen LogP contribution in [0.4, 0.5) is 5.69 Å². The Bertz CT molecular complexity index is 1500. The minimum atomic E-state index is -1.05. The van der Waals surface area contributed by atoms with Gasteiger partial charge in [-0.1, -0.05) is 0 Å². The average molecular weight is 542 g/mol. The minimum absolute atomic E-state index is 0.0314. The van der Waals surface area contributed by atoms with Gasteiger partial charge in [0, 0.05) is 57.0 Å². The van der Waals surface area contributed by atoms with Gasteiger partial charge in [-0.2, -0.15) is 10.4 Å². The summed E-state index contributed by atoms with van der Waals surface area (Å²) >= 11 is 0. The fourth-order valence-corrected chi connectivity index (χ4v) is 5.81. The van der Waals surface area contributed by atoms with Crippen molar-refractivity contribution in [2.24, 2.45) is 0 Å². The van der Waals surface area contributed by atoms with Crippen LogP contribution < -0.4 is 15.4 Å². The number of anilines is 1. The molecule has 3 N–H and O–H groups in total. The first-order valence-corrected chi connectivity index (χ1v) is 13.5. The number of nitriles is 1. The van der Waals surface area contributed by atoms with Crippen molar-refractivity contribution in [1.29, 1.82) is 5.26 Å². The van der Waals surface area contributed by atoms with Gasteiger partial charge >= 0.3 is 0 Å². The summed E-state index contributed by atoms with van der Waals surface area (Å²) in [5.74, 6) is 0.400. The number of hydrogen-bond donors (Lipinski definition) is 3. The lowest BCUT2D eigenvalue weighted by Crippen LogP contribution is -2.55. The Labute approximate surface area is 231 Å². The molecule has 0 saturated carbocycles. The Kier molecular flexibility index (Phi) is 6.88. The van der Waals surface area contributed by atoms with E-state index in [-0.39, 0.29) is 17.9 Å². The summed E-state index contributed by atoms with van der Waals surface area (Å²) in [7, 11) is 1.79. The highest BCUT2D eigenvalue weighted by atomic mass is 16.5. The van der Waals surface area contributed by atoms with E-state index in [0.717, 1.165) is 54.3 Å².